The van der Waals surface area contributed by atoms with Crippen molar-refractivity contribution in [3.8, 4) is 11.4 Å². The predicted molar refractivity (Wildman–Crippen MR) is 129 cm³/mol. The first kappa shape index (κ1) is 23.0. The molecule has 1 N–H and O–H groups in total. The Morgan fingerprint density at radius 2 is 2.03 bits per heavy atom. The van der Waals surface area contributed by atoms with Gasteiger partial charge in [-0.2, -0.15) is 9.61 Å². The summed E-state index contributed by atoms with van der Waals surface area (Å²) < 4.78 is 21.4. The number of anilines is 1. The minimum Gasteiger partial charge on any atom is -0.379 e. The highest BCUT2D eigenvalue weighted by Gasteiger charge is 2.39. The van der Waals surface area contributed by atoms with Gasteiger partial charge >= 0.3 is 0 Å². The number of ether oxygens (including phenoxy) is 1. The molecule has 2 aliphatic rings. The average molecular weight is 503 g/mol. The molecule has 1 atom stereocenters. The van der Waals surface area contributed by atoms with Crippen molar-refractivity contribution in [3.63, 3.8) is 0 Å². The number of carbonyl (C=O) groups is 2. The number of hydrogen-bond acceptors (Lipinski definition) is 7. The van der Waals surface area contributed by atoms with Gasteiger partial charge in [0.2, 0.25) is 5.91 Å². The SMILES string of the molecule is Cc1ccc(-c2cc3n(CC(=O)Nc4ccc(F)cn4)c4c(c(=O)n3n2)CN([C@@H]2CCOC2)C4=O)nc1. The number of carbonyl (C=O) groups excluding carboxylic acids is 2. The molecule has 0 unspecified atom stereocenters. The Hall–Kier alpha value is -4.45. The molecule has 0 radical (unpaired) electrons. The summed E-state index contributed by atoms with van der Waals surface area (Å²) in [6.07, 6.45) is 3.36. The Labute approximate surface area is 209 Å². The Bertz CT molecular complexity index is 1590. The standard InChI is InChI=1S/C25H22FN7O4/c1-14-2-4-18(27-9-14)19-8-22-32(12-21(34)29-20-5-3-15(26)10-28-20)23-17(24(35)33(22)30-19)11-31(25(23)36)16-6-7-37-13-16/h2-5,8-10,16H,6-7,11-13H2,1H3,(H,28,29,34)/t16-/m1/s1. The molecule has 37 heavy (non-hydrogen) atoms. The van der Waals surface area contributed by atoms with E-state index in [4.69, 9.17) is 4.74 Å². The van der Waals surface area contributed by atoms with E-state index in [-0.39, 0.29) is 47.8 Å². The van der Waals surface area contributed by atoms with Crippen molar-refractivity contribution in [2.75, 3.05) is 18.5 Å². The summed E-state index contributed by atoms with van der Waals surface area (Å²) in [6.45, 7) is 2.66. The Morgan fingerprint density at radius 1 is 1.16 bits per heavy atom. The number of nitrogens with one attached hydrogen (secondary N) is 1. The van der Waals surface area contributed by atoms with Crippen LogP contribution in [0.15, 0.2) is 47.5 Å². The maximum absolute atomic E-state index is 13.6. The highest BCUT2D eigenvalue weighted by Crippen LogP contribution is 2.28. The zero-order valence-electron chi connectivity index (χ0n) is 19.8. The summed E-state index contributed by atoms with van der Waals surface area (Å²) in [7, 11) is 0. The van der Waals surface area contributed by atoms with E-state index in [1.165, 1.54) is 21.2 Å². The van der Waals surface area contributed by atoms with Crippen LogP contribution in [0.25, 0.3) is 17.0 Å². The first-order chi connectivity index (χ1) is 17.9. The third-order valence-corrected chi connectivity index (χ3v) is 6.58. The van der Waals surface area contributed by atoms with Gasteiger partial charge < -0.3 is 19.5 Å². The molecular formula is C25H22FN7O4. The summed E-state index contributed by atoms with van der Waals surface area (Å²) >= 11 is 0. The summed E-state index contributed by atoms with van der Waals surface area (Å²) in [5.74, 6) is -1.21. The third-order valence-electron chi connectivity index (χ3n) is 6.58. The maximum Gasteiger partial charge on any atom is 0.280 e. The van der Waals surface area contributed by atoms with Crippen molar-refractivity contribution in [1.82, 2.24) is 29.0 Å². The van der Waals surface area contributed by atoms with Gasteiger partial charge in [0.1, 0.15) is 35.2 Å². The van der Waals surface area contributed by atoms with E-state index < -0.39 is 17.3 Å². The van der Waals surface area contributed by atoms with E-state index in [2.05, 4.69) is 20.4 Å². The van der Waals surface area contributed by atoms with Gasteiger partial charge in [0.15, 0.2) is 0 Å². The highest BCUT2D eigenvalue weighted by atomic mass is 19.1. The van der Waals surface area contributed by atoms with Crippen LogP contribution in [-0.4, -0.2) is 60.1 Å². The molecule has 6 heterocycles. The van der Waals surface area contributed by atoms with Crippen molar-refractivity contribution in [3.05, 3.63) is 75.7 Å². The fourth-order valence-corrected chi connectivity index (χ4v) is 4.73. The lowest BCUT2D eigenvalue weighted by atomic mass is 10.2. The first-order valence-electron chi connectivity index (χ1n) is 11.8. The van der Waals surface area contributed by atoms with Crippen LogP contribution in [0.1, 0.15) is 28.0 Å². The summed E-state index contributed by atoms with van der Waals surface area (Å²) in [5.41, 5.74) is 2.23. The normalized spacial score (nSPS) is 17.0. The fraction of sp³-hybridized carbons (Fsp3) is 0.280. The van der Waals surface area contributed by atoms with Gasteiger partial charge in [0.25, 0.3) is 11.5 Å². The Morgan fingerprint density at radius 3 is 2.73 bits per heavy atom. The largest absolute Gasteiger partial charge is 0.379 e. The molecule has 11 nitrogen and oxygen atoms in total. The van der Waals surface area contributed by atoms with Gasteiger partial charge in [-0.05, 0) is 37.1 Å². The van der Waals surface area contributed by atoms with Gasteiger partial charge in [-0.15, -0.1) is 0 Å². The van der Waals surface area contributed by atoms with Crippen molar-refractivity contribution in [1.29, 1.82) is 0 Å². The second-order valence-electron chi connectivity index (χ2n) is 9.10. The molecule has 4 aromatic rings. The summed E-state index contributed by atoms with van der Waals surface area (Å²) in [5, 5.41) is 7.09. The van der Waals surface area contributed by atoms with E-state index in [1.807, 2.05) is 13.0 Å². The molecule has 0 aromatic carbocycles. The summed E-state index contributed by atoms with van der Waals surface area (Å²) in [6, 6.07) is 7.68. The number of nitrogens with zero attached hydrogens (tertiary/aromatic N) is 6. The zero-order valence-corrected chi connectivity index (χ0v) is 19.8. The minimum atomic E-state index is -0.531. The monoisotopic (exact) mass is 503 g/mol. The molecule has 0 bridgehead atoms. The Kier molecular flexibility index (Phi) is 5.52. The van der Waals surface area contributed by atoms with Gasteiger partial charge in [0.05, 0.1) is 36.6 Å². The van der Waals surface area contributed by atoms with Crippen molar-refractivity contribution in [2.45, 2.75) is 32.5 Å². The fourth-order valence-electron chi connectivity index (χ4n) is 4.73. The van der Waals surface area contributed by atoms with E-state index in [9.17, 15) is 18.8 Å². The van der Waals surface area contributed by atoms with Crippen LogP contribution in [0, 0.1) is 12.7 Å². The lowest BCUT2D eigenvalue weighted by molar-refractivity contribution is -0.116. The number of amides is 2. The van der Waals surface area contributed by atoms with Crippen LogP contribution >= 0.6 is 0 Å². The van der Waals surface area contributed by atoms with E-state index >= 15 is 0 Å². The number of fused-ring (bicyclic) bond motifs is 2. The quantitative estimate of drug-likeness (QED) is 0.440. The molecule has 6 rings (SSSR count). The second-order valence-corrected chi connectivity index (χ2v) is 9.10. The van der Waals surface area contributed by atoms with Gasteiger partial charge in [0, 0.05) is 18.9 Å². The maximum atomic E-state index is 13.6. The van der Waals surface area contributed by atoms with Crippen LogP contribution in [0.3, 0.4) is 0 Å². The highest BCUT2D eigenvalue weighted by molar-refractivity contribution is 5.99. The molecule has 0 spiro atoms. The minimum absolute atomic E-state index is 0.107. The molecular weight excluding hydrogens is 481 g/mol. The van der Waals surface area contributed by atoms with E-state index in [0.717, 1.165) is 11.8 Å². The van der Waals surface area contributed by atoms with Crippen LogP contribution in [0.2, 0.25) is 0 Å². The topological polar surface area (TPSA) is 124 Å². The van der Waals surface area contributed by atoms with E-state index in [0.29, 0.717) is 31.0 Å². The molecule has 1 fully saturated rings. The number of halogens is 1. The van der Waals surface area contributed by atoms with Crippen molar-refractivity contribution >= 4 is 23.3 Å². The lowest BCUT2D eigenvalue weighted by Crippen LogP contribution is -2.36. The van der Waals surface area contributed by atoms with Gasteiger partial charge in [-0.1, -0.05) is 6.07 Å². The van der Waals surface area contributed by atoms with Crippen LogP contribution in [-0.2, 0) is 22.6 Å². The second kappa shape index (κ2) is 8.89. The smallest absolute Gasteiger partial charge is 0.280 e. The van der Waals surface area contributed by atoms with Crippen LogP contribution in [0.5, 0.6) is 0 Å². The third kappa shape index (κ3) is 4.04. The average Bonchev–Trinajstić information content (AvgIpc) is 3.63. The number of rotatable bonds is 5. The van der Waals surface area contributed by atoms with Gasteiger partial charge in [-0.25, -0.2) is 9.37 Å². The zero-order chi connectivity index (χ0) is 25.7. The van der Waals surface area contributed by atoms with Gasteiger partial charge in [-0.3, -0.25) is 19.4 Å². The molecule has 0 saturated carbocycles. The molecule has 188 valence electrons. The number of aryl methyl sites for hydroxylation is 1. The van der Waals surface area contributed by atoms with Crippen molar-refractivity contribution in [2.24, 2.45) is 0 Å². The number of aromatic nitrogens is 5. The predicted octanol–water partition coefficient (Wildman–Crippen LogP) is 1.78. The van der Waals surface area contributed by atoms with Crippen LogP contribution in [0.4, 0.5) is 10.2 Å². The Balaban J connectivity index is 1.45. The van der Waals surface area contributed by atoms with E-state index in [1.54, 1.807) is 23.2 Å². The molecule has 0 aliphatic carbocycles. The number of hydrogen-bond donors (Lipinski definition) is 1. The molecule has 12 heteroatoms. The summed E-state index contributed by atoms with van der Waals surface area (Å²) in [4.78, 5) is 50.0. The van der Waals surface area contributed by atoms with Crippen LogP contribution < -0.4 is 10.9 Å². The molecule has 2 aliphatic heterocycles. The lowest BCUT2D eigenvalue weighted by Gasteiger charge is -2.22. The molecule has 4 aromatic heterocycles. The number of pyridine rings is 2. The first-order valence-corrected chi connectivity index (χ1v) is 11.8. The van der Waals surface area contributed by atoms with Crippen molar-refractivity contribution < 1.29 is 18.7 Å². The molecule has 1 saturated heterocycles. The molecule has 2 amide bonds.